The van der Waals surface area contributed by atoms with Crippen molar-refractivity contribution in [3.05, 3.63) is 30.2 Å². The van der Waals surface area contributed by atoms with E-state index in [4.69, 9.17) is 10.2 Å². The van der Waals surface area contributed by atoms with Gasteiger partial charge in [-0.15, -0.1) is 23.4 Å². The average molecular weight is 372 g/mol. The summed E-state index contributed by atoms with van der Waals surface area (Å²) in [5.74, 6) is -0.231. The van der Waals surface area contributed by atoms with Gasteiger partial charge in [0.05, 0.1) is 0 Å². The monoisotopic (exact) mass is 372 g/mol. The second kappa shape index (κ2) is 8.65. The molecule has 1 atom stereocenters. The van der Waals surface area contributed by atoms with E-state index in [1.54, 1.807) is 0 Å². The van der Waals surface area contributed by atoms with E-state index < -0.39 is 12.4 Å². The minimum atomic E-state index is -4.76. The van der Waals surface area contributed by atoms with Gasteiger partial charge in [0.25, 0.3) is 0 Å². The zero-order valence-electron chi connectivity index (χ0n) is 14.0. The fourth-order valence-electron chi connectivity index (χ4n) is 2.29. The van der Waals surface area contributed by atoms with Crippen LogP contribution >= 0.6 is 0 Å². The minimum absolute atomic E-state index is 0.132. The highest BCUT2D eigenvalue weighted by Gasteiger charge is 2.31. The number of carbonyl (C=O) groups excluding carboxylic acids is 1. The smallest absolute Gasteiger partial charge is 0.418 e. The fourth-order valence-corrected chi connectivity index (χ4v) is 2.29. The molecule has 1 aromatic heterocycles. The lowest BCUT2D eigenvalue weighted by Gasteiger charge is -2.13. The summed E-state index contributed by atoms with van der Waals surface area (Å²) in [4.78, 5) is 11.4. The lowest BCUT2D eigenvalue weighted by molar-refractivity contribution is -0.274. The molecular weight excluding hydrogens is 353 g/mol. The van der Waals surface area contributed by atoms with Crippen LogP contribution in [0.2, 0.25) is 0 Å². The first-order valence-corrected chi connectivity index (χ1v) is 7.95. The number of nitrogens with two attached hydrogens (primary N) is 1. The van der Waals surface area contributed by atoms with Crippen molar-refractivity contribution < 1.29 is 27.1 Å². The molecule has 1 aromatic carbocycles. The van der Waals surface area contributed by atoms with Gasteiger partial charge in [-0.05, 0) is 50.1 Å². The average Bonchev–Trinajstić information content (AvgIpc) is 3.03. The zero-order valence-corrected chi connectivity index (χ0v) is 14.0. The number of rotatable bonds is 8. The number of unbranched alkanes of at least 4 members (excludes halogenated alkanes) is 1. The van der Waals surface area contributed by atoms with Crippen molar-refractivity contribution in [1.29, 1.82) is 0 Å². The van der Waals surface area contributed by atoms with Crippen LogP contribution in [0.1, 0.15) is 38.1 Å². The van der Waals surface area contributed by atoms with E-state index in [1.807, 2.05) is 0 Å². The molecule has 0 aliphatic heterocycles. The summed E-state index contributed by atoms with van der Waals surface area (Å²) in [7, 11) is 0. The van der Waals surface area contributed by atoms with Crippen LogP contribution in [-0.4, -0.2) is 29.0 Å². The molecule has 1 unspecified atom stereocenters. The molecule has 0 bridgehead atoms. The highest BCUT2D eigenvalue weighted by molar-refractivity contribution is 5.73. The molecule has 0 saturated heterocycles. The predicted molar refractivity (Wildman–Crippen MR) is 85.9 cm³/mol. The molecule has 10 heteroatoms. The summed E-state index contributed by atoms with van der Waals surface area (Å²) in [6.07, 6.45) is -2.62. The molecular formula is C16H19F3N4O3. The van der Waals surface area contributed by atoms with Gasteiger partial charge in [0.15, 0.2) is 0 Å². The van der Waals surface area contributed by atoms with Gasteiger partial charge in [0.1, 0.15) is 11.8 Å². The van der Waals surface area contributed by atoms with E-state index in [-0.39, 0.29) is 23.4 Å². The van der Waals surface area contributed by atoms with E-state index >= 15 is 0 Å². The summed E-state index contributed by atoms with van der Waals surface area (Å²) in [6.45, 7) is 1.92. The van der Waals surface area contributed by atoms with Gasteiger partial charge in [-0.25, -0.2) is 0 Å². The van der Waals surface area contributed by atoms with E-state index in [0.29, 0.717) is 18.5 Å². The molecule has 0 fully saturated rings. The Hall–Kier alpha value is -2.62. The number of hydrogen-bond acceptors (Lipinski definition) is 6. The summed E-state index contributed by atoms with van der Waals surface area (Å²) < 4.78 is 45.9. The number of benzene rings is 1. The molecule has 2 aromatic rings. The van der Waals surface area contributed by atoms with Gasteiger partial charge in [-0.1, -0.05) is 0 Å². The van der Waals surface area contributed by atoms with Crippen molar-refractivity contribution >= 4 is 5.91 Å². The first-order chi connectivity index (χ1) is 12.3. The van der Waals surface area contributed by atoms with Gasteiger partial charge in [0, 0.05) is 12.5 Å². The Morgan fingerprint density at radius 3 is 2.54 bits per heavy atom. The zero-order chi connectivity index (χ0) is 19.2. The molecule has 1 heterocycles. The number of alkyl halides is 3. The molecule has 2 rings (SSSR count). The van der Waals surface area contributed by atoms with Crippen molar-refractivity contribution in [2.45, 2.75) is 38.6 Å². The van der Waals surface area contributed by atoms with Gasteiger partial charge in [-0.3, -0.25) is 4.79 Å². The van der Waals surface area contributed by atoms with Crippen LogP contribution < -0.4 is 15.8 Å². The maximum atomic E-state index is 12.2. The molecule has 0 saturated carbocycles. The first-order valence-electron chi connectivity index (χ1n) is 7.95. The first kappa shape index (κ1) is 19.7. The van der Waals surface area contributed by atoms with Gasteiger partial charge in [-0.2, -0.15) is 0 Å². The lowest BCUT2D eigenvalue weighted by Crippen LogP contribution is -2.26. The van der Waals surface area contributed by atoms with Crippen LogP contribution in [0.4, 0.5) is 13.2 Å². The molecule has 142 valence electrons. The lowest BCUT2D eigenvalue weighted by atomic mass is 10.1. The van der Waals surface area contributed by atoms with Crippen LogP contribution in [-0.2, 0) is 4.79 Å². The van der Waals surface area contributed by atoms with Crippen molar-refractivity contribution in [2.24, 2.45) is 5.73 Å². The van der Waals surface area contributed by atoms with Crippen LogP contribution in [0.25, 0.3) is 11.5 Å². The molecule has 7 nitrogen and oxygen atoms in total. The third-order valence-electron chi connectivity index (χ3n) is 3.40. The number of nitrogens with zero attached hydrogens (tertiary/aromatic N) is 2. The quantitative estimate of drug-likeness (QED) is 0.691. The van der Waals surface area contributed by atoms with Crippen LogP contribution in [0.15, 0.2) is 28.7 Å². The number of amides is 1. The predicted octanol–water partition coefficient (Wildman–Crippen LogP) is 2.94. The Bertz CT molecular complexity index is 716. The topological polar surface area (TPSA) is 103 Å². The van der Waals surface area contributed by atoms with Crippen molar-refractivity contribution in [3.8, 4) is 17.2 Å². The molecule has 26 heavy (non-hydrogen) atoms. The third kappa shape index (κ3) is 6.03. The number of hydrogen-bond donors (Lipinski definition) is 2. The molecule has 0 radical (unpaired) electrons. The van der Waals surface area contributed by atoms with Crippen molar-refractivity contribution in [1.82, 2.24) is 15.5 Å². The van der Waals surface area contributed by atoms with Crippen molar-refractivity contribution in [2.75, 3.05) is 6.54 Å². The van der Waals surface area contributed by atoms with Crippen molar-refractivity contribution in [3.63, 3.8) is 0 Å². The molecule has 0 aliphatic rings. The number of ether oxygens (including phenoxy) is 1. The minimum Gasteiger partial charge on any atom is -0.418 e. The maximum Gasteiger partial charge on any atom is 0.573 e. The largest absolute Gasteiger partial charge is 0.573 e. The van der Waals surface area contributed by atoms with Gasteiger partial charge < -0.3 is 20.2 Å². The third-order valence-corrected chi connectivity index (χ3v) is 3.40. The SMILES string of the molecule is CC(=O)NC(CCCCN)c1nnc(-c2ccc(OC(F)(F)F)cc2)o1. The summed E-state index contributed by atoms with van der Waals surface area (Å²) in [6, 6.07) is 4.60. The number of halogens is 3. The summed E-state index contributed by atoms with van der Waals surface area (Å²) in [5, 5.41) is 10.6. The maximum absolute atomic E-state index is 12.2. The van der Waals surface area contributed by atoms with Crippen LogP contribution in [0, 0.1) is 0 Å². The van der Waals surface area contributed by atoms with Gasteiger partial charge in [0.2, 0.25) is 17.7 Å². The van der Waals surface area contributed by atoms with E-state index in [1.165, 1.54) is 19.1 Å². The number of nitrogens with one attached hydrogen (secondary N) is 1. The normalized spacial score (nSPS) is 12.7. The van der Waals surface area contributed by atoms with Gasteiger partial charge >= 0.3 is 6.36 Å². The Morgan fingerprint density at radius 2 is 1.96 bits per heavy atom. The van der Waals surface area contributed by atoms with Crippen LogP contribution in [0.5, 0.6) is 5.75 Å². The Morgan fingerprint density at radius 1 is 1.27 bits per heavy atom. The Kier molecular flexibility index (Phi) is 6.56. The van der Waals surface area contributed by atoms with E-state index in [9.17, 15) is 18.0 Å². The molecule has 1 amide bonds. The fraction of sp³-hybridized carbons (Fsp3) is 0.438. The second-order valence-corrected chi connectivity index (χ2v) is 5.56. The highest BCUT2D eigenvalue weighted by Crippen LogP contribution is 2.27. The number of aromatic nitrogens is 2. The van der Waals surface area contributed by atoms with E-state index in [2.05, 4.69) is 20.3 Å². The standard InChI is InChI=1S/C16H19F3N4O3/c1-10(24)21-13(4-2-3-9-20)15-23-22-14(25-15)11-5-7-12(8-6-11)26-16(17,18)19/h5-8,13H,2-4,9,20H2,1H3,(H,21,24). The Balaban J connectivity index is 2.12. The van der Waals surface area contributed by atoms with Crippen LogP contribution in [0.3, 0.4) is 0 Å². The number of carbonyl (C=O) groups is 1. The second-order valence-electron chi connectivity index (χ2n) is 5.56. The molecule has 0 spiro atoms. The summed E-state index contributed by atoms with van der Waals surface area (Å²) >= 11 is 0. The highest BCUT2D eigenvalue weighted by atomic mass is 19.4. The molecule has 3 N–H and O–H groups in total. The summed E-state index contributed by atoms with van der Waals surface area (Å²) in [5.41, 5.74) is 5.90. The van der Waals surface area contributed by atoms with E-state index in [0.717, 1.165) is 25.0 Å². The molecule has 0 aliphatic carbocycles. The Labute approximate surface area is 147 Å².